The molecule has 0 N–H and O–H groups in total. The Labute approximate surface area is 122 Å². The normalized spacial score (nSPS) is 10.9. The molecule has 0 aromatic heterocycles. The van der Waals surface area contributed by atoms with Crippen molar-refractivity contribution in [3.63, 3.8) is 0 Å². The van der Waals surface area contributed by atoms with Crippen LogP contribution >= 0.6 is 23.2 Å². The zero-order valence-corrected chi connectivity index (χ0v) is 11.9. The summed E-state index contributed by atoms with van der Waals surface area (Å²) in [5, 5.41) is 11.4. The van der Waals surface area contributed by atoms with E-state index in [0.717, 1.165) is 16.3 Å². The molecular formula is C14H13Cl2N3. The molecule has 0 saturated carbocycles. The van der Waals surface area contributed by atoms with Crippen LogP contribution in [0.3, 0.4) is 0 Å². The third-order valence-electron chi connectivity index (χ3n) is 2.45. The Balaban J connectivity index is 1.97. The van der Waals surface area contributed by atoms with E-state index in [4.69, 9.17) is 23.2 Å². The van der Waals surface area contributed by atoms with Crippen molar-refractivity contribution in [3.05, 3.63) is 64.1 Å². The molecule has 0 aliphatic rings. The Morgan fingerprint density at radius 2 is 1.74 bits per heavy atom. The van der Waals surface area contributed by atoms with E-state index in [1.54, 1.807) is 17.1 Å². The van der Waals surface area contributed by atoms with Crippen LogP contribution in [0.15, 0.2) is 58.9 Å². The lowest BCUT2D eigenvalue weighted by atomic mass is 10.2. The van der Waals surface area contributed by atoms with Crippen LogP contribution in [0.25, 0.3) is 0 Å². The molecule has 0 aliphatic carbocycles. The monoisotopic (exact) mass is 293 g/mol. The molecule has 19 heavy (non-hydrogen) atoms. The summed E-state index contributed by atoms with van der Waals surface area (Å²) in [7, 11) is 1.86. The molecule has 0 fully saturated rings. The molecule has 0 amide bonds. The number of rotatable bonds is 4. The maximum atomic E-state index is 5.88. The van der Waals surface area contributed by atoms with E-state index in [1.165, 1.54) is 0 Å². The van der Waals surface area contributed by atoms with Crippen LogP contribution in [-0.2, 0) is 6.54 Å². The van der Waals surface area contributed by atoms with Crippen molar-refractivity contribution >= 4 is 28.9 Å². The zero-order chi connectivity index (χ0) is 13.7. The molecule has 98 valence electrons. The van der Waals surface area contributed by atoms with Gasteiger partial charge in [-0.2, -0.15) is 0 Å². The first-order valence-corrected chi connectivity index (χ1v) is 6.52. The highest BCUT2D eigenvalue weighted by molar-refractivity contribution is 6.31. The predicted molar refractivity (Wildman–Crippen MR) is 78.9 cm³/mol. The van der Waals surface area contributed by atoms with Gasteiger partial charge in [0.1, 0.15) is 0 Å². The van der Waals surface area contributed by atoms with Crippen molar-refractivity contribution in [1.82, 2.24) is 5.01 Å². The molecule has 3 nitrogen and oxygen atoms in total. The highest BCUT2D eigenvalue weighted by Crippen LogP contribution is 2.18. The molecular weight excluding hydrogens is 281 g/mol. The van der Waals surface area contributed by atoms with Gasteiger partial charge in [0.05, 0.1) is 12.2 Å². The van der Waals surface area contributed by atoms with Crippen LogP contribution < -0.4 is 0 Å². The van der Waals surface area contributed by atoms with Crippen molar-refractivity contribution in [2.24, 2.45) is 10.3 Å². The van der Waals surface area contributed by atoms with Gasteiger partial charge >= 0.3 is 0 Å². The fourth-order valence-electron chi connectivity index (χ4n) is 1.55. The smallest absolute Gasteiger partial charge is 0.0889 e. The van der Waals surface area contributed by atoms with Gasteiger partial charge < -0.3 is 0 Å². The van der Waals surface area contributed by atoms with Gasteiger partial charge in [0.25, 0.3) is 0 Å². The average molecular weight is 294 g/mol. The number of hydrogen-bond acceptors (Lipinski definition) is 2. The Kier molecular flexibility index (Phi) is 4.77. The molecule has 0 heterocycles. The van der Waals surface area contributed by atoms with Crippen LogP contribution in [0.2, 0.25) is 10.0 Å². The van der Waals surface area contributed by atoms with Gasteiger partial charge in [-0.1, -0.05) is 46.6 Å². The SMILES string of the molecule is CN(Cc1ccc(Cl)cc1)N=Nc1cccc(Cl)c1. The Bertz CT molecular complexity index is 567. The van der Waals surface area contributed by atoms with Crippen LogP contribution in [0.1, 0.15) is 5.56 Å². The molecule has 0 saturated heterocycles. The third-order valence-corrected chi connectivity index (χ3v) is 2.93. The van der Waals surface area contributed by atoms with E-state index in [1.807, 2.05) is 43.4 Å². The number of nitrogens with zero attached hydrogens (tertiary/aromatic N) is 3. The largest absolute Gasteiger partial charge is 0.277 e. The molecule has 0 radical (unpaired) electrons. The number of halogens is 2. The fourth-order valence-corrected chi connectivity index (χ4v) is 1.86. The highest BCUT2D eigenvalue weighted by atomic mass is 35.5. The molecule has 0 spiro atoms. The van der Waals surface area contributed by atoms with Crippen LogP contribution in [0.5, 0.6) is 0 Å². The van der Waals surface area contributed by atoms with Gasteiger partial charge in [-0.25, -0.2) is 0 Å². The first-order chi connectivity index (χ1) is 9.13. The zero-order valence-electron chi connectivity index (χ0n) is 10.4. The molecule has 0 atom stereocenters. The van der Waals surface area contributed by atoms with Gasteiger partial charge in [-0.15, -0.1) is 5.11 Å². The lowest BCUT2D eigenvalue weighted by molar-refractivity contribution is 0.324. The van der Waals surface area contributed by atoms with Crippen LogP contribution in [0.4, 0.5) is 5.69 Å². The summed E-state index contributed by atoms with van der Waals surface area (Å²) < 4.78 is 0. The Morgan fingerprint density at radius 1 is 1.00 bits per heavy atom. The lowest BCUT2D eigenvalue weighted by Crippen LogP contribution is -2.09. The van der Waals surface area contributed by atoms with Gasteiger partial charge in [-0.05, 0) is 35.9 Å². The third kappa shape index (κ3) is 4.54. The van der Waals surface area contributed by atoms with E-state index < -0.39 is 0 Å². The van der Waals surface area contributed by atoms with Gasteiger partial charge in [0.2, 0.25) is 0 Å². The summed E-state index contributed by atoms with van der Waals surface area (Å²) in [5.74, 6) is 0. The molecule has 2 aromatic rings. The minimum Gasteiger partial charge on any atom is -0.277 e. The summed E-state index contributed by atoms with van der Waals surface area (Å²) in [5.41, 5.74) is 1.85. The molecule has 2 rings (SSSR count). The van der Waals surface area contributed by atoms with Crippen LogP contribution in [-0.4, -0.2) is 12.1 Å². The predicted octanol–water partition coefficient (Wildman–Crippen LogP) is 5.12. The minimum absolute atomic E-state index is 0.650. The van der Waals surface area contributed by atoms with E-state index >= 15 is 0 Å². The maximum absolute atomic E-state index is 5.88. The van der Waals surface area contributed by atoms with Crippen molar-refractivity contribution in [2.75, 3.05) is 7.05 Å². The standard InChI is InChI=1S/C14H13Cl2N3/c1-19(10-11-5-7-12(15)8-6-11)18-17-14-4-2-3-13(16)9-14/h2-9H,10H2,1H3. The first-order valence-electron chi connectivity index (χ1n) is 5.76. The second-order valence-electron chi connectivity index (χ2n) is 4.11. The van der Waals surface area contributed by atoms with E-state index in [-0.39, 0.29) is 0 Å². The number of hydrogen-bond donors (Lipinski definition) is 0. The van der Waals surface area contributed by atoms with Gasteiger partial charge in [0, 0.05) is 17.1 Å². The number of benzene rings is 2. The molecule has 5 heteroatoms. The van der Waals surface area contributed by atoms with E-state index in [0.29, 0.717) is 11.6 Å². The summed E-state index contributed by atoms with van der Waals surface area (Å²) in [4.78, 5) is 0. The Morgan fingerprint density at radius 3 is 2.42 bits per heavy atom. The summed E-state index contributed by atoms with van der Waals surface area (Å²) in [6.45, 7) is 0.668. The lowest BCUT2D eigenvalue weighted by Gasteiger charge is -2.11. The maximum Gasteiger partial charge on any atom is 0.0889 e. The molecule has 0 unspecified atom stereocenters. The summed E-state index contributed by atoms with van der Waals surface area (Å²) in [6, 6.07) is 14.9. The molecule has 2 aromatic carbocycles. The second-order valence-corrected chi connectivity index (χ2v) is 4.98. The molecule has 0 aliphatic heterocycles. The summed E-state index contributed by atoms with van der Waals surface area (Å²) in [6.07, 6.45) is 0. The summed E-state index contributed by atoms with van der Waals surface area (Å²) >= 11 is 11.7. The quantitative estimate of drug-likeness (QED) is 0.568. The van der Waals surface area contributed by atoms with Crippen molar-refractivity contribution in [1.29, 1.82) is 0 Å². The van der Waals surface area contributed by atoms with E-state index in [9.17, 15) is 0 Å². The van der Waals surface area contributed by atoms with Gasteiger partial charge in [0.15, 0.2) is 0 Å². The van der Waals surface area contributed by atoms with Crippen molar-refractivity contribution in [2.45, 2.75) is 6.54 Å². The Hall–Kier alpha value is -1.58. The fraction of sp³-hybridized carbons (Fsp3) is 0.143. The second kappa shape index (κ2) is 6.55. The topological polar surface area (TPSA) is 28.0 Å². The average Bonchev–Trinajstić information content (AvgIpc) is 2.39. The van der Waals surface area contributed by atoms with Gasteiger partial charge in [-0.3, -0.25) is 5.01 Å². The van der Waals surface area contributed by atoms with Crippen molar-refractivity contribution < 1.29 is 0 Å². The van der Waals surface area contributed by atoms with Crippen molar-refractivity contribution in [3.8, 4) is 0 Å². The molecule has 0 bridgehead atoms. The first kappa shape index (κ1) is 13.8. The highest BCUT2D eigenvalue weighted by Gasteiger charge is 1.98. The minimum atomic E-state index is 0.650. The van der Waals surface area contributed by atoms with E-state index in [2.05, 4.69) is 10.3 Å². The van der Waals surface area contributed by atoms with Crippen LogP contribution in [0, 0.1) is 0 Å².